The third-order valence-electron chi connectivity index (χ3n) is 3.43. The standard InChI is InChI=1S/C15H20N2O2/c1-2-15(19)16-9-13-8-14(18)11-17(13)10-12-6-4-3-5-7-12/h2-7,13-14,18H,1,8-11H2,(H,16,19)/t13-,14-/m0/s1. The Morgan fingerprint density at radius 1 is 1.47 bits per heavy atom. The van der Waals surface area contributed by atoms with Crippen LogP contribution in [0.5, 0.6) is 0 Å². The Labute approximate surface area is 113 Å². The Bertz CT molecular complexity index is 433. The van der Waals surface area contributed by atoms with E-state index in [1.807, 2.05) is 18.2 Å². The second-order valence-corrected chi connectivity index (χ2v) is 4.91. The van der Waals surface area contributed by atoms with Gasteiger partial charge in [-0.15, -0.1) is 0 Å². The summed E-state index contributed by atoms with van der Waals surface area (Å²) in [5.41, 5.74) is 1.22. The number of benzene rings is 1. The molecule has 1 fully saturated rings. The molecular formula is C15H20N2O2. The Kier molecular flexibility index (Phi) is 4.71. The van der Waals surface area contributed by atoms with Crippen LogP contribution in [0.3, 0.4) is 0 Å². The molecule has 0 bridgehead atoms. The monoisotopic (exact) mass is 260 g/mol. The Hall–Kier alpha value is -1.65. The minimum absolute atomic E-state index is 0.166. The third-order valence-corrected chi connectivity index (χ3v) is 3.43. The SMILES string of the molecule is C=CC(=O)NC[C@@H]1C[C@H](O)CN1Cc1ccccc1. The molecule has 4 heteroatoms. The fraction of sp³-hybridized carbons (Fsp3) is 0.400. The van der Waals surface area contributed by atoms with Gasteiger partial charge in [0.2, 0.25) is 5.91 Å². The van der Waals surface area contributed by atoms with E-state index in [0.717, 1.165) is 6.54 Å². The van der Waals surface area contributed by atoms with E-state index in [1.165, 1.54) is 11.6 Å². The number of hydrogen-bond donors (Lipinski definition) is 2. The number of carbonyl (C=O) groups excluding carboxylic acids is 1. The third kappa shape index (κ3) is 3.91. The number of carbonyl (C=O) groups is 1. The van der Waals surface area contributed by atoms with Gasteiger partial charge in [-0.1, -0.05) is 36.9 Å². The second-order valence-electron chi connectivity index (χ2n) is 4.91. The number of aliphatic hydroxyl groups is 1. The van der Waals surface area contributed by atoms with E-state index in [1.54, 1.807) is 0 Å². The zero-order valence-electron chi connectivity index (χ0n) is 11.0. The summed E-state index contributed by atoms with van der Waals surface area (Å²) in [6.07, 6.45) is 1.66. The van der Waals surface area contributed by atoms with Crippen molar-refractivity contribution in [1.29, 1.82) is 0 Å². The summed E-state index contributed by atoms with van der Waals surface area (Å²) in [6.45, 7) is 5.44. The summed E-state index contributed by atoms with van der Waals surface area (Å²) in [6, 6.07) is 10.3. The molecule has 0 spiro atoms. The molecule has 1 amide bonds. The van der Waals surface area contributed by atoms with Crippen LogP contribution in [0.15, 0.2) is 43.0 Å². The predicted molar refractivity (Wildman–Crippen MR) is 74.5 cm³/mol. The first-order valence-corrected chi connectivity index (χ1v) is 6.55. The largest absolute Gasteiger partial charge is 0.392 e. The first kappa shape index (κ1) is 13.8. The Balaban J connectivity index is 1.93. The number of likely N-dealkylation sites (tertiary alicyclic amines) is 1. The highest BCUT2D eigenvalue weighted by atomic mass is 16.3. The van der Waals surface area contributed by atoms with Crippen molar-refractivity contribution < 1.29 is 9.90 Å². The smallest absolute Gasteiger partial charge is 0.243 e. The lowest BCUT2D eigenvalue weighted by atomic mass is 10.1. The molecule has 2 N–H and O–H groups in total. The maximum atomic E-state index is 11.2. The maximum absolute atomic E-state index is 11.2. The van der Waals surface area contributed by atoms with E-state index >= 15 is 0 Å². The topological polar surface area (TPSA) is 52.6 Å². The molecule has 1 aliphatic rings. The van der Waals surface area contributed by atoms with Crippen molar-refractivity contribution in [3.8, 4) is 0 Å². The molecule has 1 aliphatic heterocycles. The van der Waals surface area contributed by atoms with Gasteiger partial charge < -0.3 is 10.4 Å². The first-order valence-electron chi connectivity index (χ1n) is 6.55. The summed E-state index contributed by atoms with van der Waals surface area (Å²) in [4.78, 5) is 13.4. The minimum atomic E-state index is -0.311. The molecule has 1 aromatic carbocycles. The number of aliphatic hydroxyl groups excluding tert-OH is 1. The average molecular weight is 260 g/mol. The molecule has 1 heterocycles. The van der Waals surface area contributed by atoms with Crippen LogP contribution in [0.25, 0.3) is 0 Å². The number of nitrogens with one attached hydrogen (secondary N) is 1. The predicted octanol–water partition coefficient (Wildman–Crippen LogP) is 0.924. The van der Waals surface area contributed by atoms with Gasteiger partial charge in [0.25, 0.3) is 0 Å². The normalized spacial score (nSPS) is 23.2. The molecule has 19 heavy (non-hydrogen) atoms. The van der Waals surface area contributed by atoms with Gasteiger partial charge in [-0.25, -0.2) is 0 Å². The molecule has 0 saturated carbocycles. The molecule has 0 aromatic heterocycles. The first-order chi connectivity index (χ1) is 9.19. The number of β-amino-alcohol motifs (C(OH)–C–C–N with tert-alkyl or cyclic N) is 1. The van der Waals surface area contributed by atoms with Gasteiger partial charge in [-0.05, 0) is 18.1 Å². The van der Waals surface area contributed by atoms with Gasteiger partial charge in [0.1, 0.15) is 0 Å². The number of hydrogen-bond acceptors (Lipinski definition) is 3. The lowest BCUT2D eigenvalue weighted by Crippen LogP contribution is -2.39. The van der Waals surface area contributed by atoms with Crippen LogP contribution in [0.1, 0.15) is 12.0 Å². The van der Waals surface area contributed by atoms with Crippen molar-refractivity contribution in [1.82, 2.24) is 10.2 Å². The number of amides is 1. The summed E-state index contributed by atoms with van der Waals surface area (Å²) in [5.74, 6) is -0.166. The van der Waals surface area contributed by atoms with Crippen LogP contribution in [0, 0.1) is 0 Å². The lowest BCUT2D eigenvalue weighted by Gasteiger charge is -2.24. The van der Waals surface area contributed by atoms with Crippen molar-refractivity contribution in [2.45, 2.75) is 25.1 Å². The molecule has 0 radical (unpaired) electrons. The Morgan fingerprint density at radius 3 is 2.89 bits per heavy atom. The average Bonchev–Trinajstić information content (AvgIpc) is 2.77. The second kappa shape index (κ2) is 6.50. The molecule has 1 saturated heterocycles. The zero-order chi connectivity index (χ0) is 13.7. The van der Waals surface area contributed by atoms with E-state index in [-0.39, 0.29) is 18.1 Å². The lowest BCUT2D eigenvalue weighted by molar-refractivity contribution is -0.116. The van der Waals surface area contributed by atoms with Crippen molar-refractivity contribution in [3.05, 3.63) is 48.6 Å². The van der Waals surface area contributed by atoms with Crippen molar-refractivity contribution in [3.63, 3.8) is 0 Å². The maximum Gasteiger partial charge on any atom is 0.243 e. The van der Waals surface area contributed by atoms with E-state index in [4.69, 9.17) is 0 Å². The van der Waals surface area contributed by atoms with Crippen molar-refractivity contribution in [2.24, 2.45) is 0 Å². The van der Waals surface area contributed by atoms with Gasteiger partial charge in [0, 0.05) is 25.7 Å². The van der Waals surface area contributed by atoms with Gasteiger partial charge >= 0.3 is 0 Å². The quantitative estimate of drug-likeness (QED) is 0.774. The van der Waals surface area contributed by atoms with E-state index < -0.39 is 0 Å². The molecule has 2 rings (SSSR count). The highest BCUT2D eigenvalue weighted by molar-refractivity contribution is 5.86. The van der Waals surface area contributed by atoms with Crippen molar-refractivity contribution >= 4 is 5.91 Å². The molecular weight excluding hydrogens is 240 g/mol. The molecule has 102 valence electrons. The molecule has 0 aliphatic carbocycles. The molecule has 4 nitrogen and oxygen atoms in total. The summed E-state index contributed by atoms with van der Waals surface area (Å²) in [5, 5.41) is 12.6. The fourth-order valence-corrected chi connectivity index (χ4v) is 2.47. The molecule has 2 atom stereocenters. The van der Waals surface area contributed by atoms with Crippen LogP contribution in [-0.4, -0.2) is 41.1 Å². The highest BCUT2D eigenvalue weighted by Crippen LogP contribution is 2.20. The van der Waals surface area contributed by atoms with Crippen LogP contribution in [0.2, 0.25) is 0 Å². The van der Waals surface area contributed by atoms with Gasteiger partial charge in [0.05, 0.1) is 6.10 Å². The van der Waals surface area contributed by atoms with Gasteiger partial charge in [-0.3, -0.25) is 9.69 Å². The van der Waals surface area contributed by atoms with E-state index in [9.17, 15) is 9.90 Å². The van der Waals surface area contributed by atoms with E-state index in [0.29, 0.717) is 19.5 Å². The minimum Gasteiger partial charge on any atom is -0.392 e. The summed E-state index contributed by atoms with van der Waals surface area (Å²) in [7, 11) is 0. The summed E-state index contributed by atoms with van der Waals surface area (Å²) >= 11 is 0. The fourth-order valence-electron chi connectivity index (χ4n) is 2.47. The number of rotatable bonds is 5. The van der Waals surface area contributed by atoms with Crippen LogP contribution < -0.4 is 5.32 Å². The molecule has 1 aromatic rings. The number of nitrogens with zero attached hydrogens (tertiary/aromatic N) is 1. The van der Waals surface area contributed by atoms with Crippen LogP contribution in [0.4, 0.5) is 0 Å². The molecule has 0 unspecified atom stereocenters. The van der Waals surface area contributed by atoms with Gasteiger partial charge in [-0.2, -0.15) is 0 Å². The van der Waals surface area contributed by atoms with Crippen LogP contribution in [-0.2, 0) is 11.3 Å². The summed E-state index contributed by atoms with van der Waals surface area (Å²) < 4.78 is 0. The Morgan fingerprint density at radius 2 is 2.21 bits per heavy atom. The van der Waals surface area contributed by atoms with Crippen LogP contribution >= 0.6 is 0 Å². The van der Waals surface area contributed by atoms with Gasteiger partial charge in [0.15, 0.2) is 0 Å². The zero-order valence-corrected chi connectivity index (χ0v) is 11.0. The van der Waals surface area contributed by atoms with E-state index in [2.05, 4.69) is 28.9 Å². The highest BCUT2D eigenvalue weighted by Gasteiger charge is 2.30. The van der Waals surface area contributed by atoms with Crippen molar-refractivity contribution in [2.75, 3.05) is 13.1 Å².